The molecule has 10 heteroatoms. The van der Waals surface area contributed by atoms with Crippen molar-refractivity contribution in [3.63, 3.8) is 0 Å². The van der Waals surface area contributed by atoms with Gasteiger partial charge in [0.2, 0.25) is 17.7 Å². The van der Waals surface area contributed by atoms with Crippen LogP contribution in [0.1, 0.15) is 55.5 Å². The number of alkyl carbamates (subject to hydrolysis) is 1. The van der Waals surface area contributed by atoms with Gasteiger partial charge in [-0.3, -0.25) is 14.4 Å². The first-order chi connectivity index (χ1) is 17.8. The summed E-state index contributed by atoms with van der Waals surface area (Å²) in [4.78, 5) is 52.9. The number of hydrogen-bond donors (Lipinski definition) is 4. The fourth-order valence-electron chi connectivity index (χ4n) is 3.93. The molecule has 2 rings (SSSR count). The molecule has 0 bridgehead atoms. The maximum absolute atomic E-state index is 13.8. The Kier molecular flexibility index (Phi) is 10.8. The molecule has 0 saturated carbocycles. The number of ether oxygens (including phenoxy) is 1. The fourth-order valence-corrected chi connectivity index (χ4v) is 3.93. The van der Waals surface area contributed by atoms with E-state index in [1.165, 1.54) is 0 Å². The molecule has 4 amide bonds. The van der Waals surface area contributed by atoms with E-state index in [1.54, 1.807) is 32.9 Å². The van der Waals surface area contributed by atoms with Crippen LogP contribution in [0.3, 0.4) is 0 Å². The summed E-state index contributed by atoms with van der Waals surface area (Å²) in [7, 11) is 0. The van der Waals surface area contributed by atoms with Crippen LogP contribution < -0.4 is 16.4 Å². The number of nitrogens with zero attached hydrogens (tertiary/aromatic N) is 1. The van der Waals surface area contributed by atoms with E-state index >= 15 is 0 Å². The minimum absolute atomic E-state index is 0.211. The molecule has 0 aliphatic rings. The molecule has 0 aromatic heterocycles. The first-order valence-electron chi connectivity index (χ1n) is 12.4. The van der Waals surface area contributed by atoms with Crippen LogP contribution in [-0.2, 0) is 25.7 Å². The van der Waals surface area contributed by atoms with Gasteiger partial charge >= 0.3 is 6.09 Å². The van der Waals surface area contributed by atoms with E-state index in [2.05, 4.69) is 10.6 Å². The smallest absolute Gasteiger partial charge is 0.408 e. The highest BCUT2D eigenvalue weighted by molar-refractivity contribution is 5.94. The summed E-state index contributed by atoms with van der Waals surface area (Å²) in [6.07, 6.45) is -1.44. The van der Waals surface area contributed by atoms with Gasteiger partial charge in [0.15, 0.2) is 0 Å². The molecule has 38 heavy (non-hydrogen) atoms. The Morgan fingerprint density at radius 3 is 2.26 bits per heavy atom. The molecule has 2 aromatic rings. The molecule has 2 atom stereocenters. The summed E-state index contributed by atoms with van der Waals surface area (Å²) in [6, 6.07) is 12.1. The van der Waals surface area contributed by atoms with Crippen molar-refractivity contribution in [3.8, 4) is 0 Å². The Hall–Kier alpha value is -3.92. The average Bonchev–Trinajstić information content (AvgIpc) is 2.83. The lowest BCUT2D eigenvalue weighted by Crippen LogP contribution is -2.54. The third kappa shape index (κ3) is 8.88. The summed E-state index contributed by atoms with van der Waals surface area (Å²) < 4.78 is 5.25. The van der Waals surface area contributed by atoms with Gasteiger partial charge in [-0.1, -0.05) is 48.5 Å². The van der Waals surface area contributed by atoms with Crippen LogP contribution in [0.15, 0.2) is 48.5 Å². The number of aliphatic hydroxyl groups excluding tert-OH is 1. The number of carbonyl (C=O) groups excluding carboxylic acids is 4. The topological polar surface area (TPSA) is 151 Å². The first-order valence-corrected chi connectivity index (χ1v) is 12.4. The third-order valence-corrected chi connectivity index (χ3v) is 5.83. The SMILES string of the molecule is Cc1cccc(C(C(=O)NCc2ccccc2)N(CCO)C(=O)C(CC(N)=O)NC(=O)OC(C)(C)C)c1C. The molecule has 2 unspecified atom stereocenters. The van der Waals surface area contributed by atoms with Crippen LogP contribution in [0.4, 0.5) is 4.79 Å². The van der Waals surface area contributed by atoms with Gasteiger partial charge in [0.25, 0.3) is 0 Å². The monoisotopic (exact) mass is 526 g/mol. The second kappa shape index (κ2) is 13.6. The second-order valence-electron chi connectivity index (χ2n) is 10.0. The van der Waals surface area contributed by atoms with Gasteiger partial charge in [-0.15, -0.1) is 0 Å². The molecule has 0 fully saturated rings. The van der Waals surface area contributed by atoms with Crippen molar-refractivity contribution in [3.05, 3.63) is 70.8 Å². The van der Waals surface area contributed by atoms with Crippen molar-refractivity contribution in [1.29, 1.82) is 0 Å². The van der Waals surface area contributed by atoms with Crippen molar-refractivity contribution in [2.75, 3.05) is 13.2 Å². The van der Waals surface area contributed by atoms with Gasteiger partial charge in [0, 0.05) is 13.1 Å². The minimum Gasteiger partial charge on any atom is -0.444 e. The molecule has 0 aliphatic carbocycles. The number of carbonyl (C=O) groups is 4. The van der Waals surface area contributed by atoms with Gasteiger partial charge in [0.1, 0.15) is 17.7 Å². The summed E-state index contributed by atoms with van der Waals surface area (Å²) in [5.74, 6) is -2.08. The van der Waals surface area contributed by atoms with E-state index in [0.29, 0.717) is 5.56 Å². The number of rotatable bonds is 11. The molecule has 0 saturated heterocycles. The van der Waals surface area contributed by atoms with E-state index in [0.717, 1.165) is 21.6 Å². The number of primary amides is 1. The maximum Gasteiger partial charge on any atom is 0.408 e. The molecule has 2 aromatic carbocycles. The number of aryl methyl sites for hydroxylation is 1. The highest BCUT2D eigenvalue weighted by atomic mass is 16.6. The minimum atomic E-state index is -1.41. The Morgan fingerprint density at radius 1 is 1.03 bits per heavy atom. The molecule has 0 spiro atoms. The molecule has 0 radical (unpaired) electrons. The number of nitrogens with two attached hydrogens (primary N) is 1. The van der Waals surface area contributed by atoms with Crippen molar-refractivity contribution >= 4 is 23.8 Å². The van der Waals surface area contributed by atoms with Crippen LogP contribution >= 0.6 is 0 Å². The highest BCUT2D eigenvalue weighted by Gasteiger charge is 2.37. The van der Waals surface area contributed by atoms with Crippen molar-refractivity contribution < 1.29 is 29.0 Å². The van der Waals surface area contributed by atoms with Gasteiger partial charge in [-0.25, -0.2) is 4.79 Å². The van der Waals surface area contributed by atoms with E-state index in [4.69, 9.17) is 10.5 Å². The van der Waals surface area contributed by atoms with Gasteiger partial charge in [-0.05, 0) is 56.9 Å². The highest BCUT2D eigenvalue weighted by Crippen LogP contribution is 2.27. The molecular formula is C28H38N4O6. The summed E-state index contributed by atoms with van der Waals surface area (Å²) in [6.45, 7) is 8.20. The molecular weight excluding hydrogens is 488 g/mol. The van der Waals surface area contributed by atoms with Crippen LogP contribution in [0.2, 0.25) is 0 Å². The van der Waals surface area contributed by atoms with Gasteiger partial charge < -0.3 is 31.1 Å². The van der Waals surface area contributed by atoms with Crippen molar-refractivity contribution in [2.45, 2.75) is 65.3 Å². The quantitative estimate of drug-likeness (QED) is 0.353. The maximum atomic E-state index is 13.8. The fraction of sp³-hybridized carbons (Fsp3) is 0.429. The first kappa shape index (κ1) is 30.3. The second-order valence-corrected chi connectivity index (χ2v) is 10.0. The normalized spacial score (nSPS) is 12.7. The molecule has 10 nitrogen and oxygen atoms in total. The summed E-state index contributed by atoms with van der Waals surface area (Å²) in [5.41, 5.74) is 7.63. The van der Waals surface area contributed by atoms with E-state index in [1.807, 2.05) is 50.2 Å². The number of aliphatic hydroxyl groups is 1. The lowest BCUT2D eigenvalue weighted by atomic mass is 9.94. The lowest BCUT2D eigenvalue weighted by molar-refractivity contribution is -0.144. The van der Waals surface area contributed by atoms with Crippen LogP contribution in [-0.4, -0.2) is 58.6 Å². The van der Waals surface area contributed by atoms with Crippen molar-refractivity contribution in [1.82, 2.24) is 15.5 Å². The van der Waals surface area contributed by atoms with Crippen LogP contribution in [0.5, 0.6) is 0 Å². The zero-order valence-electron chi connectivity index (χ0n) is 22.6. The van der Waals surface area contributed by atoms with E-state index in [9.17, 15) is 24.3 Å². The third-order valence-electron chi connectivity index (χ3n) is 5.83. The summed E-state index contributed by atoms with van der Waals surface area (Å²) >= 11 is 0. The standard InChI is InChI=1S/C28H38N4O6/c1-18-10-9-13-21(19(18)2)24(25(35)30-17-20-11-7-6-8-12-20)32(14-15-33)26(36)22(16-23(29)34)31-27(37)38-28(3,4)5/h6-13,22,24,33H,14-17H2,1-5H3,(H2,29,34)(H,30,35)(H,31,37). The predicted octanol–water partition coefficient (Wildman–Crippen LogP) is 2.25. The Labute approximate surface area is 223 Å². The van der Waals surface area contributed by atoms with E-state index < -0.39 is 54.5 Å². The zero-order chi connectivity index (χ0) is 28.5. The van der Waals surface area contributed by atoms with Gasteiger partial charge in [-0.2, -0.15) is 0 Å². The van der Waals surface area contributed by atoms with Crippen LogP contribution in [0, 0.1) is 13.8 Å². The number of amides is 4. The number of benzene rings is 2. The van der Waals surface area contributed by atoms with Gasteiger partial charge in [0.05, 0.1) is 13.0 Å². The lowest BCUT2D eigenvalue weighted by Gasteiger charge is -2.34. The van der Waals surface area contributed by atoms with Crippen LogP contribution in [0.25, 0.3) is 0 Å². The largest absolute Gasteiger partial charge is 0.444 e. The predicted molar refractivity (Wildman–Crippen MR) is 143 cm³/mol. The Morgan fingerprint density at radius 2 is 1.68 bits per heavy atom. The molecule has 0 aliphatic heterocycles. The Bertz CT molecular complexity index is 1130. The average molecular weight is 527 g/mol. The molecule has 5 N–H and O–H groups in total. The van der Waals surface area contributed by atoms with E-state index in [-0.39, 0.29) is 13.1 Å². The number of nitrogens with one attached hydrogen (secondary N) is 2. The Balaban J connectivity index is 2.49. The number of hydrogen-bond acceptors (Lipinski definition) is 6. The molecule has 206 valence electrons. The van der Waals surface area contributed by atoms with Crippen molar-refractivity contribution in [2.24, 2.45) is 5.73 Å². The summed E-state index contributed by atoms with van der Waals surface area (Å²) in [5, 5.41) is 15.1. The molecule has 0 heterocycles. The zero-order valence-corrected chi connectivity index (χ0v) is 22.6.